The maximum Gasteiger partial charge on any atom is 0.339 e. The minimum atomic E-state index is -0.276. The first-order valence-corrected chi connectivity index (χ1v) is 23.6. The third kappa shape index (κ3) is 19.4. The lowest BCUT2D eigenvalue weighted by Crippen LogP contribution is -3.13. The van der Waals surface area contributed by atoms with Crippen LogP contribution in [-0.4, -0.2) is 44.8 Å². The van der Waals surface area contributed by atoms with Crippen molar-refractivity contribution in [2.24, 2.45) is 0 Å². The van der Waals surface area contributed by atoms with Crippen LogP contribution in [0.1, 0.15) is 130 Å². The molecule has 0 saturated carbocycles. The number of ether oxygens (including phenoxy) is 2. The summed E-state index contributed by atoms with van der Waals surface area (Å²) < 4.78 is 17.5. The maximum absolute atomic E-state index is 12.9. The summed E-state index contributed by atoms with van der Waals surface area (Å²) in [5, 5.41) is 0. The predicted molar refractivity (Wildman–Crippen MR) is 245 cm³/mol. The van der Waals surface area contributed by atoms with Gasteiger partial charge in [0.25, 0.3) is 0 Å². The molecule has 11 heteroatoms. The third-order valence-electron chi connectivity index (χ3n) is 8.19. The molecule has 0 amide bonds. The van der Waals surface area contributed by atoms with Crippen molar-refractivity contribution in [2.45, 2.75) is 110 Å². The van der Waals surface area contributed by atoms with Gasteiger partial charge in [-0.1, -0.05) is 96.8 Å². The lowest BCUT2D eigenvalue weighted by Gasteiger charge is -2.20. The molecule has 0 saturated heterocycles. The number of hydrogen-bond donors (Lipinski definition) is 1. The molecule has 2 aromatic carbocycles. The van der Waals surface area contributed by atoms with Crippen LogP contribution in [0.2, 0.25) is 0 Å². The molecule has 5 nitrogen and oxygen atoms in total. The van der Waals surface area contributed by atoms with Gasteiger partial charge in [0.15, 0.2) is 0 Å². The molecular formula is C36H50I6NO4+. The molecule has 0 aliphatic carbocycles. The smallest absolute Gasteiger partial charge is 0.339 e. The number of halogens is 6. The Morgan fingerprint density at radius 3 is 1.21 bits per heavy atom. The van der Waals surface area contributed by atoms with Crippen molar-refractivity contribution in [3.63, 3.8) is 0 Å². The van der Waals surface area contributed by atoms with Gasteiger partial charge in [0.2, 0.25) is 0 Å². The van der Waals surface area contributed by atoms with Crippen LogP contribution in [0.3, 0.4) is 0 Å². The number of rotatable bonds is 25. The van der Waals surface area contributed by atoms with Crippen molar-refractivity contribution >= 4 is 147 Å². The van der Waals surface area contributed by atoms with Gasteiger partial charge in [-0.2, -0.15) is 0 Å². The van der Waals surface area contributed by atoms with Gasteiger partial charge in [0, 0.05) is 21.4 Å². The Labute approximate surface area is 365 Å². The van der Waals surface area contributed by atoms with Gasteiger partial charge in [-0.15, -0.1) is 0 Å². The molecule has 0 aliphatic heterocycles. The molecular weight excluding hydrogens is 1270 g/mol. The van der Waals surface area contributed by atoms with E-state index < -0.39 is 0 Å². The molecule has 0 aromatic heterocycles. The fourth-order valence-corrected chi connectivity index (χ4v) is 10.2. The lowest BCUT2D eigenvalue weighted by molar-refractivity contribution is -0.900. The van der Waals surface area contributed by atoms with Crippen molar-refractivity contribution in [1.82, 2.24) is 0 Å². The van der Waals surface area contributed by atoms with Crippen LogP contribution < -0.4 is 4.90 Å². The highest BCUT2D eigenvalue weighted by Gasteiger charge is 2.19. The first-order chi connectivity index (χ1) is 22.6. The molecule has 0 atom stereocenters. The first kappa shape index (κ1) is 44.9. The van der Waals surface area contributed by atoms with Crippen molar-refractivity contribution in [1.29, 1.82) is 0 Å². The molecule has 2 rings (SSSR count). The largest absolute Gasteiger partial charge is 0.456 e. The lowest BCUT2D eigenvalue weighted by atomic mass is 10.0. The van der Waals surface area contributed by atoms with E-state index in [9.17, 15) is 9.59 Å². The summed E-state index contributed by atoms with van der Waals surface area (Å²) in [6, 6.07) is 7.90. The first-order valence-electron chi connectivity index (χ1n) is 17.1. The predicted octanol–water partition coefficient (Wildman–Crippen LogP) is 11.5. The van der Waals surface area contributed by atoms with Gasteiger partial charge < -0.3 is 14.4 Å². The van der Waals surface area contributed by atoms with Gasteiger partial charge in [0.05, 0.1) is 17.7 Å². The second-order valence-electron chi connectivity index (χ2n) is 12.1. The summed E-state index contributed by atoms with van der Waals surface area (Å²) in [7, 11) is 0. The third-order valence-corrected chi connectivity index (χ3v) is 15.5. The molecule has 47 heavy (non-hydrogen) atoms. The number of esters is 2. The monoisotopic (exact) mass is 1320 g/mol. The molecule has 2 aromatic rings. The van der Waals surface area contributed by atoms with E-state index in [2.05, 4.69) is 155 Å². The van der Waals surface area contributed by atoms with E-state index in [4.69, 9.17) is 9.47 Å². The number of nitrogens with one attached hydrogen (secondary N) is 1. The van der Waals surface area contributed by atoms with Crippen LogP contribution in [0, 0.1) is 21.4 Å². The summed E-state index contributed by atoms with van der Waals surface area (Å²) in [4.78, 5) is 27.1. The Morgan fingerprint density at radius 1 is 0.511 bits per heavy atom. The highest BCUT2D eigenvalue weighted by atomic mass is 127. The Balaban J connectivity index is 1.73. The summed E-state index contributed by atoms with van der Waals surface area (Å²) in [5.41, 5.74) is 1.24. The number of quaternary nitrogens is 1. The molecule has 0 heterocycles. The molecule has 1 N–H and O–H groups in total. The fourth-order valence-electron chi connectivity index (χ4n) is 5.44. The van der Waals surface area contributed by atoms with E-state index in [-0.39, 0.29) is 11.9 Å². The highest BCUT2D eigenvalue weighted by Crippen LogP contribution is 2.24. The molecule has 0 radical (unpaired) electrons. The van der Waals surface area contributed by atoms with E-state index in [1.165, 1.54) is 101 Å². The number of unbranched alkanes of at least 4 members (excludes halogenated alkanes) is 15. The summed E-state index contributed by atoms with van der Waals surface area (Å²) >= 11 is 13.4. The van der Waals surface area contributed by atoms with Crippen molar-refractivity contribution in [3.05, 3.63) is 56.8 Å². The van der Waals surface area contributed by atoms with E-state index >= 15 is 0 Å². The highest BCUT2D eigenvalue weighted by molar-refractivity contribution is 14.1. The topological polar surface area (TPSA) is 57.0 Å². The SMILES string of the molecule is CCCCCCCCCCCCCCCCCC[NH+](CCOC(=O)c1cc(I)cc(I)c1I)CCOC(=O)c1cc(I)cc(I)c1I. The Bertz CT molecular complexity index is 1150. The van der Waals surface area contributed by atoms with Crippen molar-refractivity contribution < 1.29 is 24.0 Å². The number of hydrogen-bond acceptors (Lipinski definition) is 4. The standard InChI is InChI=1S/C36H49I6NO4/c1-2-3-4-5-6-7-8-9-10-11-12-13-14-15-16-17-18-43(19-21-46-35(44)29-23-27(37)25-31(39)33(29)41)20-22-47-36(45)30-24-28(38)26-32(40)34(30)42/h23-26H,2-22H2,1H3/p+1. The Hall–Kier alpha value is 1.72. The van der Waals surface area contributed by atoms with Crippen molar-refractivity contribution in [3.8, 4) is 0 Å². The minimum absolute atomic E-state index is 0.276. The normalized spacial score (nSPS) is 11.3. The molecule has 0 unspecified atom stereocenters. The maximum atomic E-state index is 12.9. The molecule has 0 aliphatic rings. The van der Waals surface area contributed by atoms with E-state index in [0.29, 0.717) is 37.4 Å². The van der Waals surface area contributed by atoms with Crippen LogP contribution in [0.25, 0.3) is 0 Å². The zero-order valence-electron chi connectivity index (χ0n) is 27.6. The second-order valence-corrected chi connectivity index (χ2v) is 19.0. The molecule has 0 spiro atoms. The summed E-state index contributed by atoms with van der Waals surface area (Å²) in [5.74, 6) is -0.552. The Kier molecular flexibility index (Phi) is 26.1. The average Bonchev–Trinajstić information content (AvgIpc) is 3.03. The van der Waals surface area contributed by atoms with Crippen molar-refractivity contribution in [2.75, 3.05) is 32.8 Å². The average molecular weight is 1320 g/mol. The van der Waals surface area contributed by atoms with Gasteiger partial charge >= 0.3 is 11.9 Å². The van der Waals surface area contributed by atoms with Gasteiger partial charge in [-0.3, -0.25) is 0 Å². The zero-order chi connectivity index (χ0) is 34.4. The van der Waals surface area contributed by atoms with Crippen LogP contribution >= 0.6 is 136 Å². The quantitative estimate of drug-likeness (QED) is 0.0466. The number of benzene rings is 2. The van der Waals surface area contributed by atoms with E-state index in [1.54, 1.807) is 0 Å². The fraction of sp³-hybridized carbons (Fsp3) is 0.611. The van der Waals surface area contributed by atoms with Gasteiger partial charge in [-0.25, -0.2) is 9.59 Å². The summed E-state index contributed by atoms with van der Waals surface area (Å²) in [6.07, 6.45) is 21.6. The van der Waals surface area contributed by atoms with Crippen LogP contribution in [0.15, 0.2) is 24.3 Å². The number of carbonyl (C=O) groups excluding carboxylic acids is 2. The Morgan fingerprint density at radius 2 is 0.851 bits per heavy atom. The zero-order valence-corrected chi connectivity index (χ0v) is 40.5. The van der Waals surface area contributed by atoms with Crippen LogP contribution in [-0.2, 0) is 9.47 Å². The minimum Gasteiger partial charge on any atom is -0.456 e. The number of carbonyl (C=O) groups is 2. The van der Waals surface area contributed by atoms with Crippen LogP contribution in [0.4, 0.5) is 0 Å². The van der Waals surface area contributed by atoms with E-state index in [0.717, 1.165) is 34.4 Å². The van der Waals surface area contributed by atoms with E-state index in [1.807, 2.05) is 12.1 Å². The van der Waals surface area contributed by atoms with Crippen LogP contribution in [0.5, 0.6) is 0 Å². The second kappa shape index (κ2) is 27.3. The molecule has 0 fully saturated rings. The summed E-state index contributed by atoms with van der Waals surface area (Å²) in [6.45, 7) is 5.32. The molecule has 0 bridgehead atoms. The van der Waals surface area contributed by atoms with Gasteiger partial charge in [0.1, 0.15) is 26.3 Å². The van der Waals surface area contributed by atoms with Gasteiger partial charge in [-0.05, 0) is 173 Å². The molecule has 264 valence electrons.